The first-order chi connectivity index (χ1) is 3.70. The minimum absolute atomic E-state index is 0.0231. The highest BCUT2D eigenvalue weighted by atomic mass is 32.1. The molecule has 1 amide bonds. The zero-order chi connectivity index (χ0) is 6.15. The van der Waals surface area contributed by atoms with E-state index in [4.69, 9.17) is 0 Å². The Balaban J connectivity index is 2.64. The van der Waals surface area contributed by atoms with Crippen molar-refractivity contribution in [2.45, 2.75) is 11.7 Å². The van der Waals surface area contributed by atoms with Crippen molar-refractivity contribution in [3.05, 3.63) is 12.3 Å². The average molecular weight is 129 g/mol. The SMILES string of the molecule is C=C1NC(=O)CC1S. The monoisotopic (exact) mass is 129 g/mol. The second-order valence-electron chi connectivity index (χ2n) is 1.79. The van der Waals surface area contributed by atoms with Crippen LogP contribution in [-0.2, 0) is 4.79 Å². The van der Waals surface area contributed by atoms with Crippen LogP contribution in [0.1, 0.15) is 6.42 Å². The maximum absolute atomic E-state index is 10.4. The van der Waals surface area contributed by atoms with Crippen LogP contribution >= 0.6 is 12.6 Å². The molecule has 1 heterocycles. The average Bonchev–Trinajstić information content (AvgIpc) is 1.85. The summed E-state index contributed by atoms with van der Waals surface area (Å²) >= 11 is 4.06. The largest absolute Gasteiger partial charge is 0.329 e. The van der Waals surface area contributed by atoms with E-state index in [0.717, 1.165) is 5.70 Å². The normalized spacial score (nSPS) is 28.4. The summed E-state index contributed by atoms with van der Waals surface area (Å²) in [6.45, 7) is 3.58. The van der Waals surface area contributed by atoms with Gasteiger partial charge in [-0.1, -0.05) is 6.58 Å². The van der Waals surface area contributed by atoms with Crippen molar-refractivity contribution in [2.24, 2.45) is 0 Å². The highest BCUT2D eigenvalue weighted by Gasteiger charge is 2.21. The van der Waals surface area contributed by atoms with Gasteiger partial charge in [-0.3, -0.25) is 4.79 Å². The second-order valence-corrected chi connectivity index (χ2v) is 2.42. The van der Waals surface area contributed by atoms with E-state index in [9.17, 15) is 4.79 Å². The molecule has 8 heavy (non-hydrogen) atoms. The molecule has 0 aromatic heterocycles. The Morgan fingerprint density at radius 2 is 2.50 bits per heavy atom. The van der Waals surface area contributed by atoms with Gasteiger partial charge in [0.2, 0.25) is 5.91 Å². The van der Waals surface area contributed by atoms with E-state index in [1.807, 2.05) is 0 Å². The van der Waals surface area contributed by atoms with Gasteiger partial charge in [0.25, 0.3) is 0 Å². The molecule has 1 N–H and O–H groups in total. The van der Waals surface area contributed by atoms with E-state index in [-0.39, 0.29) is 11.2 Å². The van der Waals surface area contributed by atoms with Crippen molar-refractivity contribution >= 4 is 18.5 Å². The number of carbonyl (C=O) groups is 1. The number of nitrogens with one attached hydrogen (secondary N) is 1. The van der Waals surface area contributed by atoms with Gasteiger partial charge in [0.1, 0.15) is 0 Å². The zero-order valence-corrected chi connectivity index (χ0v) is 5.24. The van der Waals surface area contributed by atoms with Gasteiger partial charge in [0, 0.05) is 12.1 Å². The van der Waals surface area contributed by atoms with Gasteiger partial charge in [0.05, 0.1) is 5.25 Å². The lowest BCUT2D eigenvalue weighted by Crippen LogP contribution is -2.11. The molecule has 0 spiro atoms. The summed E-state index contributed by atoms with van der Waals surface area (Å²) in [5, 5.41) is 2.59. The highest BCUT2D eigenvalue weighted by molar-refractivity contribution is 7.81. The predicted molar refractivity (Wildman–Crippen MR) is 34.7 cm³/mol. The molecule has 0 radical (unpaired) electrons. The molecule has 0 aromatic rings. The number of rotatable bonds is 0. The molecule has 1 aliphatic rings. The Morgan fingerprint density at radius 3 is 2.62 bits per heavy atom. The lowest BCUT2D eigenvalue weighted by Gasteiger charge is -1.95. The van der Waals surface area contributed by atoms with Gasteiger partial charge in [-0.05, 0) is 0 Å². The van der Waals surface area contributed by atoms with E-state index in [1.54, 1.807) is 0 Å². The number of carbonyl (C=O) groups excluding carboxylic acids is 1. The fourth-order valence-corrected chi connectivity index (χ4v) is 0.843. The van der Waals surface area contributed by atoms with Crippen LogP contribution in [0.2, 0.25) is 0 Å². The molecule has 2 nitrogen and oxygen atoms in total. The van der Waals surface area contributed by atoms with Crippen LogP contribution in [0.25, 0.3) is 0 Å². The van der Waals surface area contributed by atoms with E-state index in [0.29, 0.717) is 6.42 Å². The van der Waals surface area contributed by atoms with Crippen LogP contribution in [0.3, 0.4) is 0 Å². The lowest BCUT2D eigenvalue weighted by molar-refractivity contribution is -0.118. The Bertz CT molecular complexity index is 143. The van der Waals surface area contributed by atoms with Gasteiger partial charge in [-0.25, -0.2) is 0 Å². The molecular weight excluding hydrogens is 122 g/mol. The molecule has 3 heteroatoms. The highest BCUT2D eigenvalue weighted by Crippen LogP contribution is 2.14. The summed E-state index contributed by atoms with van der Waals surface area (Å²) in [6, 6.07) is 0. The summed E-state index contributed by atoms with van der Waals surface area (Å²) in [7, 11) is 0. The minimum Gasteiger partial charge on any atom is -0.329 e. The summed E-state index contributed by atoms with van der Waals surface area (Å²) in [5.74, 6) is 0.0231. The van der Waals surface area contributed by atoms with Gasteiger partial charge in [-0.2, -0.15) is 12.6 Å². The second kappa shape index (κ2) is 1.82. The van der Waals surface area contributed by atoms with Crippen molar-refractivity contribution in [3.63, 3.8) is 0 Å². The van der Waals surface area contributed by atoms with E-state index in [2.05, 4.69) is 24.5 Å². The van der Waals surface area contributed by atoms with E-state index < -0.39 is 0 Å². The summed E-state index contributed by atoms with van der Waals surface area (Å²) in [6.07, 6.45) is 0.474. The molecule has 1 rings (SSSR count). The van der Waals surface area contributed by atoms with Crippen molar-refractivity contribution in [3.8, 4) is 0 Å². The molecule has 1 saturated heterocycles. The predicted octanol–water partition coefficient (Wildman–Crippen LogP) is 0.318. The third kappa shape index (κ3) is 0.865. The molecule has 1 aliphatic heterocycles. The summed E-state index contributed by atoms with van der Waals surface area (Å²) < 4.78 is 0. The van der Waals surface area contributed by atoms with Gasteiger partial charge < -0.3 is 5.32 Å². The smallest absolute Gasteiger partial charge is 0.225 e. The van der Waals surface area contributed by atoms with E-state index >= 15 is 0 Å². The topological polar surface area (TPSA) is 29.1 Å². The standard InChI is InChI=1S/C5H7NOS/c1-3-4(8)2-5(7)6-3/h4,8H,1-2H2,(H,6,7). The Labute approximate surface area is 53.4 Å². The van der Waals surface area contributed by atoms with Crippen LogP contribution in [0.15, 0.2) is 12.3 Å². The number of hydrogen-bond donors (Lipinski definition) is 2. The Morgan fingerprint density at radius 1 is 1.88 bits per heavy atom. The first kappa shape index (κ1) is 5.69. The van der Waals surface area contributed by atoms with Crippen molar-refractivity contribution in [2.75, 3.05) is 0 Å². The first-order valence-electron chi connectivity index (χ1n) is 2.37. The van der Waals surface area contributed by atoms with Crippen LogP contribution in [0.4, 0.5) is 0 Å². The van der Waals surface area contributed by atoms with Crippen LogP contribution < -0.4 is 5.32 Å². The van der Waals surface area contributed by atoms with Crippen molar-refractivity contribution in [1.82, 2.24) is 5.32 Å². The Kier molecular flexibility index (Phi) is 1.29. The minimum atomic E-state index is 0.0231. The molecule has 1 fully saturated rings. The third-order valence-electron chi connectivity index (χ3n) is 1.08. The number of amides is 1. The third-order valence-corrected chi connectivity index (χ3v) is 1.58. The molecule has 0 bridgehead atoms. The lowest BCUT2D eigenvalue weighted by atomic mass is 10.3. The summed E-state index contributed by atoms with van der Waals surface area (Å²) in [4.78, 5) is 10.4. The number of thiol groups is 1. The zero-order valence-electron chi connectivity index (χ0n) is 4.35. The fraction of sp³-hybridized carbons (Fsp3) is 0.400. The molecule has 0 aromatic carbocycles. The summed E-state index contributed by atoms with van der Waals surface area (Å²) in [5.41, 5.74) is 0.721. The number of hydrogen-bond acceptors (Lipinski definition) is 2. The maximum atomic E-state index is 10.4. The molecule has 1 atom stereocenters. The quantitative estimate of drug-likeness (QED) is 0.453. The molecule has 0 aliphatic carbocycles. The van der Waals surface area contributed by atoms with E-state index in [1.165, 1.54) is 0 Å². The van der Waals surface area contributed by atoms with Gasteiger partial charge in [0.15, 0.2) is 0 Å². The van der Waals surface area contributed by atoms with Crippen molar-refractivity contribution in [1.29, 1.82) is 0 Å². The Hall–Kier alpha value is -0.440. The molecule has 1 unspecified atom stereocenters. The first-order valence-corrected chi connectivity index (χ1v) is 2.88. The van der Waals surface area contributed by atoms with Gasteiger partial charge >= 0.3 is 0 Å². The van der Waals surface area contributed by atoms with Crippen LogP contribution in [-0.4, -0.2) is 11.2 Å². The molecular formula is C5H7NOS. The molecule has 44 valence electrons. The van der Waals surface area contributed by atoms with Crippen LogP contribution in [0, 0.1) is 0 Å². The molecule has 0 saturated carbocycles. The van der Waals surface area contributed by atoms with Crippen molar-refractivity contribution < 1.29 is 4.79 Å². The maximum Gasteiger partial charge on any atom is 0.225 e. The fourth-order valence-electron chi connectivity index (χ4n) is 0.612. The van der Waals surface area contributed by atoms with Crippen LogP contribution in [0.5, 0.6) is 0 Å². The van der Waals surface area contributed by atoms with Gasteiger partial charge in [-0.15, -0.1) is 0 Å².